The number of benzene rings is 2. The van der Waals surface area contributed by atoms with Crippen LogP contribution >= 0.6 is 12.4 Å². The zero-order valence-electron chi connectivity index (χ0n) is 15.9. The van der Waals surface area contributed by atoms with Crippen molar-refractivity contribution < 1.29 is 4.79 Å². The number of carbonyl (C=O) groups is 1. The Balaban J connectivity index is 0.00000210. The van der Waals surface area contributed by atoms with Crippen LogP contribution < -0.4 is 10.6 Å². The van der Waals surface area contributed by atoms with Gasteiger partial charge in [0.2, 0.25) is 5.91 Å². The van der Waals surface area contributed by atoms with Crippen molar-refractivity contribution >= 4 is 18.3 Å². The zero-order chi connectivity index (χ0) is 18.0. The van der Waals surface area contributed by atoms with Crippen LogP contribution in [0, 0.1) is 5.92 Å². The Hall–Kier alpha value is -1.84. The molecule has 2 unspecified atom stereocenters. The van der Waals surface area contributed by atoms with E-state index in [0.717, 1.165) is 24.0 Å². The lowest BCUT2D eigenvalue weighted by Crippen LogP contribution is -2.46. The highest BCUT2D eigenvalue weighted by Gasteiger charge is 2.36. The number of carbonyl (C=O) groups excluding carboxylic acids is 1. The third kappa shape index (κ3) is 4.36. The van der Waals surface area contributed by atoms with Crippen LogP contribution in [0.1, 0.15) is 50.2 Å². The smallest absolute Gasteiger partial charge is 0.221 e. The molecule has 1 amide bonds. The lowest BCUT2D eigenvalue weighted by atomic mass is 9.83. The second-order valence-electron chi connectivity index (χ2n) is 8.08. The highest BCUT2D eigenvalue weighted by Crippen LogP contribution is 2.34. The summed E-state index contributed by atoms with van der Waals surface area (Å²) in [6.07, 6.45) is 5.45. The predicted octanol–water partition coefficient (Wildman–Crippen LogP) is 4.41. The van der Waals surface area contributed by atoms with Crippen LogP contribution in [0.3, 0.4) is 0 Å². The molecule has 27 heavy (non-hydrogen) atoms. The standard InChI is InChI=1S/C23H28N2O.ClH/c1-23(18-8-4-2-5-9-18,19-10-6-3-7-11-19)25-22(26)16-17-14-20-12-13-21(15-17)24-20;/h2-11,17,20-21,24H,12-16H2,1H3,(H,25,26);1H. The van der Waals surface area contributed by atoms with Crippen LogP contribution in [0.2, 0.25) is 0 Å². The molecular weight excluding hydrogens is 356 g/mol. The average Bonchev–Trinajstić information content (AvgIpc) is 3.01. The van der Waals surface area contributed by atoms with Gasteiger partial charge in [-0.25, -0.2) is 0 Å². The Labute approximate surface area is 168 Å². The van der Waals surface area contributed by atoms with E-state index in [1.54, 1.807) is 0 Å². The first-order valence-corrected chi connectivity index (χ1v) is 9.81. The van der Waals surface area contributed by atoms with Gasteiger partial charge in [0, 0.05) is 18.5 Å². The number of amides is 1. The Morgan fingerprint density at radius 2 is 1.44 bits per heavy atom. The van der Waals surface area contributed by atoms with E-state index in [4.69, 9.17) is 0 Å². The van der Waals surface area contributed by atoms with E-state index in [-0.39, 0.29) is 18.3 Å². The highest BCUT2D eigenvalue weighted by molar-refractivity contribution is 5.85. The molecule has 4 heteroatoms. The molecule has 0 aliphatic carbocycles. The number of halogens is 1. The summed E-state index contributed by atoms with van der Waals surface area (Å²) in [5, 5.41) is 7.03. The molecule has 0 spiro atoms. The van der Waals surface area contributed by atoms with Gasteiger partial charge in [0.1, 0.15) is 0 Å². The lowest BCUT2D eigenvalue weighted by molar-refractivity contribution is -0.123. The van der Waals surface area contributed by atoms with Crippen molar-refractivity contribution in [2.45, 2.75) is 56.7 Å². The first-order chi connectivity index (χ1) is 12.6. The summed E-state index contributed by atoms with van der Waals surface area (Å²) in [4.78, 5) is 13.0. The molecule has 2 fully saturated rings. The van der Waals surface area contributed by atoms with Gasteiger partial charge in [-0.3, -0.25) is 4.79 Å². The normalized spacial score (nSPS) is 24.1. The molecule has 2 atom stereocenters. The second-order valence-corrected chi connectivity index (χ2v) is 8.08. The molecule has 0 radical (unpaired) electrons. The van der Waals surface area contributed by atoms with Gasteiger partial charge in [0.05, 0.1) is 5.54 Å². The van der Waals surface area contributed by atoms with Gasteiger partial charge in [-0.2, -0.15) is 0 Å². The van der Waals surface area contributed by atoms with Crippen LogP contribution in [0.15, 0.2) is 60.7 Å². The first kappa shape index (κ1) is 19.9. The minimum atomic E-state index is -0.508. The fourth-order valence-electron chi connectivity index (χ4n) is 4.79. The van der Waals surface area contributed by atoms with Gasteiger partial charge in [-0.15, -0.1) is 12.4 Å². The van der Waals surface area contributed by atoms with Crippen LogP contribution in [0.4, 0.5) is 0 Å². The monoisotopic (exact) mass is 384 g/mol. The van der Waals surface area contributed by atoms with Crippen LogP contribution in [-0.4, -0.2) is 18.0 Å². The van der Waals surface area contributed by atoms with Gasteiger partial charge in [-0.1, -0.05) is 60.7 Å². The minimum absolute atomic E-state index is 0. The summed E-state index contributed by atoms with van der Waals surface area (Å²) in [5.74, 6) is 0.663. The Morgan fingerprint density at radius 1 is 0.963 bits per heavy atom. The molecular formula is C23H29ClN2O. The Morgan fingerprint density at radius 3 is 1.93 bits per heavy atom. The van der Waals surface area contributed by atoms with Crippen molar-refractivity contribution in [1.29, 1.82) is 0 Å². The number of nitrogens with one attached hydrogen (secondary N) is 2. The molecule has 0 aromatic heterocycles. The molecule has 2 saturated heterocycles. The second kappa shape index (κ2) is 8.45. The molecule has 2 N–H and O–H groups in total. The molecule has 2 aliphatic rings. The molecule has 2 bridgehead atoms. The fraction of sp³-hybridized carbons (Fsp3) is 0.435. The summed E-state index contributed by atoms with van der Waals surface area (Å²) in [6, 6.07) is 21.8. The molecule has 2 aliphatic heterocycles. The van der Waals surface area contributed by atoms with Gasteiger partial charge < -0.3 is 10.6 Å². The SMILES string of the molecule is CC(NC(=O)CC1CC2CCC(C1)N2)(c1ccccc1)c1ccccc1.Cl. The van der Waals surface area contributed by atoms with Crippen LogP contribution in [0.25, 0.3) is 0 Å². The van der Waals surface area contributed by atoms with E-state index in [2.05, 4.69) is 41.8 Å². The number of hydrogen-bond acceptors (Lipinski definition) is 2. The van der Waals surface area contributed by atoms with Crippen molar-refractivity contribution in [3.63, 3.8) is 0 Å². The van der Waals surface area contributed by atoms with E-state index in [0.29, 0.717) is 24.4 Å². The van der Waals surface area contributed by atoms with Crippen molar-refractivity contribution in [3.8, 4) is 0 Å². The summed E-state index contributed by atoms with van der Waals surface area (Å²) < 4.78 is 0. The maximum absolute atomic E-state index is 13.0. The van der Waals surface area contributed by atoms with E-state index < -0.39 is 5.54 Å². The topological polar surface area (TPSA) is 41.1 Å². The van der Waals surface area contributed by atoms with Crippen molar-refractivity contribution in [2.24, 2.45) is 5.92 Å². The van der Waals surface area contributed by atoms with E-state index in [1.165, 1.54) is 12.8 Å². The minimum Gasteiger partial charge on any atom is -0.343 e. The average molecular weight is 385 g/mol. The molecule has 0 saturated carbocycles. The fourth-order valence-corrected chi connectivity index (χ4v) is 4.79. The maximum atomic E-state index is 13.0. The van der Waals surface area contributed by atoms with Crippen molar-refractivity contribution in [2.75, 3.05) is 0 Å². The van der Waals surface area contributed by atoms with E-state index in [9.17, 15) is 4.79 Å². The largest absolute Gasteiger partial charge is 0.343 e. The van der Waals surface area contributed by atoms with Crippen molar-refractivity contribution in [3.05, 3.63) is 71.8 Å². The maximum Gasteiger partial charge on any atom is 0.221 e. The van der Waals surface area contributed by atoms with E-state index in [1.807, 2.05) is 36.4 Å². The summed E-state index contributed by atoms with van der Waals surface area (Å²) in [6.45, 7) is 2.11. The molecule has 2 aromatic carbocycles. The predicted molar refractivity (Wildman–Crippen MR) is 112 cm³/mol. The van der Waals surface area contributed by atoms with Gasteiger partial charge in [0.25, 0.3) is 0 Å². The van der Waals surface area contributed by atoms with Crippen molar-refractivity contribution in [1.82, 2.24) is 10.6 Å². The van der Waals surface area contributed by atoms with Crippen LogP contribution in [-0.2, 0) is 10.3 Å². The molecule has 144 valence electrons. The molecule has 3 nitrogen and oxygen atoms in total. The summed E-state index contributed by atoms with van der Waals surface area (Å²) in [5.41, 5.74) is 1.72. The van der Waals surface area contributed by atoms with Crippen LogP contribution in [0.5, 0.6) is 0 Å². The summed E-state index contributed by atoms with van der Waals surface area (Å²) in [7, 11) is 0. The Kier molecular flexibility index (Phi) is 6.23. The highest BCUT2D eigenvalue weighted by atomic mass is 35.5. The third-order valence-corrected chi connectivity index (χ3v) is 6.14. The quantitative estimate of drug-likeness (QED) is 0.801. The van der Waals surface area contributed by atoms with E-state index >= 15 is 0 Å². The third-order valence-electron chi connectivity index (χ3n) is 6.14. The van der Waals surface area contributed by atoms with Gasteiger partial charge in [0.15, 0.2) is 0 Å². The number of rotatable bonds is 5. The first-order valence-electron chi connectivity index (χ1n) is 9.81. The number of hydrogen-bond donors (Lipinski definition) is 2. The van der Waals surface area contributed by atoms with Gasteiger partial charge in [-0.05, 0) is 49.7 Å². The molecule has 2 aromatic rings. The molecule has 4 rings (SSSR count). The Bertz CT molecular complexity index is 698. The molecule has 2 heterocycles. The van der Waals surface area contributed by atoms with Gasteiger partial charge >= 0.3 is 0 Å². The number of fused-ring (bicyclic) bond motifs is 2. The number of piperidine rings is 1. The summed E-state index contributed by atoms with van der Waals surface area (Å²) >= 11 is 0. The zero-order valence-corrected chi connectivity index (χ0v) is 16.7. The lowest BCUT2D eigenvalue weighted by Gasteiger charge is -2.34.